The van der Waals surface area contributed by atoms with Gasteiger partial charge in [-0.1, -0.05) is 30.3 Å². The van der Waals surface area contributed by atoms with Gasteiger partial charge in [0.25, 0.3) is 0 Å². The molecule has 1 amide bonds. The minimum atomic E-state index is -3.04. The van der Waals surface area contributed by atoms with E-state index in [4.69, 9.17) is 9.47 Å². The molecule has 0 aliphatic carbocycles. The van der Waals surface area contributed by atoms with Crippen molar-refractivity contribution in [3.05, 3.63) is 54.1 Å². The van der Waals surface area contributed by atoms with Crippen LogP contribution in [0.3, 0.4) is 0 Å². The highest BCUT2D eigenvalue weighted by atomic mass is 32.2. The highest BCUT2D eigenvalue weighted by molar-refractivity contribution is 7.91. The molecule has 1 heterocycles. The average molecular weight is 404 g/mol. The Balaban J connectivity index is 1.87. The number of sulfone groups is 1. The van der Waals surface area contributed by atoms with E-state index in [1.165, 1.54) is 7.11 Å². The van der Waals surface area contributed by atoms with Crippen molar-refractivity contribution in [1.29, 1.82) is 0 Å². The SMILES string of the molecule is COc1ccc(NC(=O)C(c2ccccc2)N2CCS(=O)(=O)CC2)c(OC)c1. The van der Waals surface area contributed by atoms with Crippen LogP contribution in [0.5, 0.6) is 11.5 Å². The Bertz CT molecular complexity index is 917. The maximum atomic E-state index is 13.2. The number of benzene rings is 2. The van der Waals surface area contributed by atoms with Gasteiger partial charge in [0.15, 0.2) is 9.84 Å². The molecule has 1 aliphatic heterocycles. The van der Waals surface area contributed by atoms with Gasteiger partial charge in [0.05, 0.1) is 31.4 Å². The second-order valence-corrected chi connectivity index (χ2v) is 8.86. The molecule has 1 unspecified atom stereocenters. The molecule has 1 saturated heterocycles. The Kier molecular flexibility index (Phi) is 6.21. The minimum Gasteiger partial charge on any atom is -0.497 e. The monoisotopic (exact) mass is 404 g/mol. The Morgan fingerprint density at radius 2 is 1.71 bits per heavy atom. The third-order valence-corrected chi connectivity index (χ3v) is 6.38. The maximum absolute atomic E-state index is 13.2. The van der Waals surface area contributed by atoms with Crippen LogP contribution in [0.1, 0.15) is 11.6 Å². The zero-order chi connectivity index (χ0) is 20.1. The van der Waals surface area contributed by atoms with Gasteiger partial charge in [-0.15, -0.1) is 0 Å². The van der Waals surface area contributed by atoms with Gasteiger partial charge in [-0.25, -0.2) is 8.42 Å². The molecule has 0 radical (unpaired) electrons. The molecule has 150 valence electrons. The Hall–Kier alpha value is -2.58. The summed E-state index contributed by atoms with van der Waals surface area (Å²) < 4.78 is 34.2. The van der Waals surface area contributed by atoms with Crippen molar-refractivity contribution in [2.24, 2.45) is 0 Å². The number of nitrogens with one attached hydrogen (secondary N) is 1. The number of hydrogen-bond acceptors (Lipinski definition) is 6. The summed E-state index contributed by atoms with van der Waals surface area (Å²) in [6, 6.07) is 13.9. The lowest BCUT2D eigenvalue weighted by Crippen LogP contribution is -2.46. The summed E-state index contributed by atoms with van der Waals surface area (Å²) in [4.78, 5) is 15.1. The Labute approximate surface area is 165 Å². The molecule has 0 aromatic heterocycles. The fraction of sp³-hybridized carbons (Fsp3) is 0.350. The van der Waals surface area contributed by atoms with Crippen LogP contribution in [0, 0.1) is 0 Å². The number of rotatable bonds is 6. The first-order valence-electron chi connectivity index (χ1n) is 8.96. The summed E-state index contributed by atoms with van der Waals surface area (Å²) in [5.41, 5.74) is 1.34. The van der Waals surface area contributed by atoms with Crippen LogP contribution in [0.2, 0.25) is 0 Å². The summed E-state index contributed by atoms with van der Waals surface area (Å²) >= 11 is 0. The van der Waals surface area contributed by atoms with Gasteiger partial charge in [-0.05, 0) is 17.7 Å². The van der Waals surface area contributed by atoms with Gasteiger partial charge in [0.2, 0.25) is 5.91 Å². The van der Waals surface area contributed by atoms with Crippen molar-refractivity contribution in [3.63, 3.8) is 0 Å². The third kappa shape index (κ3) is 4.63. The Morgan fingerprint density at radius 1 is 1.04 bits per heavy atom. The number of carbonyl (C=O) groups is 1. The Morgan fingerprint density at radius 3 is 2.32 bits per heavy atom. The summed E-state index contributed by atoms with van der Waals surface area (Å²) in [7, 11) is 0.0392. The third-order valence-electron chi connectivity index (χ3n) is 4.77. The van der Waals surface area contributed by atoms with Gasteiger partial charge in [-0.3, -0.25) is 9.69 Å². The molecule has 1 N–H and O–H groups in total. The van der Waals surface area contributed by atoms with E-state index in [0.29, 0.717) is 30.3 Å². The molecule has 0 bridgehead atoms. The predicted molar refractivity (Wildman–Crippen MR) is 108 cm³/mol. The van der Waals surface area contributed by atoms with E-state index in [2.05, 4.69) is 5.32 Å². The summed E-state index contributed by atoms with van der Waals surface area (Å²) in [6.45, 7) is 0.629. The molecule has 3 rings (SSSR count). The standard InChI is InChI=1S/C20H24N2O5S/c1-26-16-8-9-17(18(14-16)27-2)21-20(23)19(15-6-4-3-5-7-15)22-10-12-28(24,25)13-11-22/h3-9,14,19H,10-13H2,1-2H3,(H,21,23). The molecule has 1 fully saturated rings. The summed E-state index contributed by atoms with van der Waals surface area (Å²) in [6.07, 6.45) is 0. The highest BCUT2D eigenvalue weighted by Crippen LogP contribution is 2.31. The smallest absolute Gasteiger partial charge is 0.246 e. The largest absolute Gasteiger partial charge is 0.497 e. The number of ether oxygens (including phenoxy) is 2. The van der Waals surface area contributed by atoms with Crippen molar-refractivity contribution in [1.82, 2.24) is 4.90 Å². The average Bonchev–Trinajstić information content (AvgIpc) is 2.70. The second kappa shape index (κ2) is 8.62. The van der Waals surface area contributed by atoms with E-state index >= 15 is 0 Å². The molecule has 2 aromatic rings. The summed E-state index contributed by atoms with van der Waals surface area (Å²) in [5.74, 6) is 0.968. The molecule has 1 aliphatic rings. The lowest BCUT2D eigenvalue weighted by Gasteiger charge is -2.33. The van der Waals surface area contributed by atoms with Crippen molar-refractivity contribution < 1.29 is 22.7 Å². The fourth-order valence-electron chi connectivity index (χ4n) is 3.25. The molecular formula is C20H24N2O5S. The number of methoxy groups -OCH3 is 2. The molecule has 2 aromatic carbocycles. The minimum absolute atomic E-state index is 0.0511. The molecule has 0 saturated carbocycles. The fourth-order valence-corrected chi connectivity index (χ4v) is 4.48. The van der Waals surface area contributed by atoms with Gasteiger partial charge in [0.1, 0.15) is 17.5 Å². The van der Waals surface area contributed by atoms with Crippen molar-refractivity contribution >= 4 is 21.4 Å². The van der Waals surface area contributed by atoms with E-state index in [1.54, 1.807) is 25.3 Å². The number of anilines is 1. The van der Waals surface area contributed by atoms with Crippen molar-refractivity contribution in [2.45, 2.75) is 6.04 Å². The maximum Gasteiger partial charge on any atom is 0.246 e. The second-order valence-electron chi connectivity index (χ2n) is 6.56. The molecule has 8 heteroatoms. The normalized spacial score (nSPS) is 17.5. The predicted octanol–water partition coefficient (Wildman–Crippen LogP) is 2.11. The molecule has 1 atom stereocenters. The zero-order valence-electron chi connectivity index (χ0n) is 15.9. The van der Waals surface area contributed by atoms with Crippen molar-refractivity contribution in [2.75, 3.05) is 44.1 Å². The van der Waals surface area contributed by atoms with Crippen LogP contribution in [0.25, 0.3) is 0 Å². The zero-order valence-corrected chi connectivity index (χ0v) is 16.7. The van der Waals surface area contributed by atoms with E-state index in [1.807, 2.05) is 35.2 Å². The van der Waals surface area contributed by atoms with Gasteiger partial charge in [-0.2, -0.15) is 0 Å². The number of nitrogens with zero attached hydrogens (tertiary/aromatic N) is 1. The van der Waals surface area contributed by atoms with Crippen LogP contribution in [-0.2, 0) is 14.6 Å². The molecule has 7 nitrogen and oxygen atoms in total. The van der Waals surface area contributed by atoms with Gasteiger partial charge < -0.3 is 14.8 Å². The quantitative estimate of drug-likeness (QED) is 0.794. The summed E-state index contributed by atoms with van der Waals surface area (Å²) in [5, 5.41) is 2.92. The molecular weight excluding hydrogens is 380 g/mol. The number of hydrogen-bond donors (Lipinski definition) is 1. The van der Waals surface area contributed by atoms with Crippen LogP contribution >= 0.6 is 0 Å². The first kappa shape index (κ1) is 20.2. The van der Waals surface area contributed by atoms with Gasteiger partial charge in [0, 0.05) is 19.2 Å². The molecule has 0 spiro atoms. The number of amides is 1. The number of carbonyl (C=O) groups excluding carboxylic acids is 1. The lowest BCUT2D eigenvalue weighted by molar-refractivity contribution is -0.121. The first-order chi connectivity index (χ1) is 13.4. The van der Waals surface area contributed by atoms with E-state index < -0.39 is 15.9 Å². The van der Waals surface area contributed by atoms with Crippen LogP contribution in [0.15, 0.2) is 48.5 Å². The van der Waals surface area contributed by atoms with Crippen molar-refractivity contribution in [3.8, 4) is 11.5 Å². The van der Waals surface area contributed by atoms with E-state index in [-0.39, 0.29) is 17.4 Å². The van der Waals surface area contributed by atoms with E-state index in [0.717, 1.165) is 5.56 Å². The molecule has 28 heavy (non-hydrogen) atoms. The topological polar surface area (TPSA) is 84.9 Å². The van der Waals surface area contributed by atoms with Crippen LogP contribution < -0.4 is 14.8 Å². The van der Waals surface area contributed by atoms with Crippen LogP contribution in [0.4, 0.5) is 5.69 Å². The lowest BCUT2D eigenvalue weighted by atomic mass is 10.0. The first-order valence-corrected chi connectivity index (χ1v) is 10.8. The van der Waals surface area contributed by atoms with E-state index in [9.17, 15) is 13.2 Å². The van der Waals surface area contributed by atoms with Gasteiger partial charge >= 0.3 is 0 Å². The van der Waals surface area contributed by atoms with Crippen LogP contribution in [-0.4, -0.2) is 58.0 Å². The highest BCUT2D eigenvalue weighted by Gasteiger charge is 2.32.